The Bertz CT molecular complexity index is 511. The van der Waals surface area contributed by atoms with Gasteiger partial charge in [0.05, 0.1) is 4.92 Å². The van der Waals surface area contributed by atoms with Gasteiger partial charge in [-0.25, -0.2) is 0 Å². The van der Waals surface area contributed by atoms with Crippen molar-refractivity contribution in [2.75, 3.05) is 5.43 Å². The third-order valence-corrected chi connectivity index (χ3v) is 2.02. The van der Waals surface area contributed by atoms with E-state index in [4.69, 9.17) is 0 Å². The summed E-state index contributed by atoms with van der Waals surface area (Å²) in [6.07, 6.45) is 3.32. The van der Waals surface area contributed by atoms with Crippen molar-refractivity contribution in [2.45, 2.75) is 0 Å². The Morgan fingerprint density at radius 2 is 1.94 bits per heavy atom. The molecule has 0 fully saturated rings. The van der Waals surface area contributed by atoms with Crippen LogP contribution in [0.25, 0.3) is 0 Å². The Kier molecular flexibility index (Phi) is 2.55. The third-order valence-electron chi connectivity index (χ3n) is 2.02. The van der Waals surface area contributed by atoms with Crippen molar-refractivity contribution in [3.05, 3.63) is 58.7 Å². The summed E-state index contributed by atoms with van der Waals surface area (Å²) in [5, 5.41) is 10.7. The first-order chi connectivity index (χ1) is 7.68. The van der Waals surface area contributed by atoms with Crippen LogP contribution in [0.15, 0.2) is 42.7 Å². The number of nitrogens with one attached hydrogen (secondary N) is 1. The summed E-state index contributed by atoms with van der Waals surface area (Å²) in [6, 6.07) is 7.41. The van der Waals surface area contributed by atoms with Gasteiger partial charge in [-0.2, -0.15) is 4.39 Å². The average Bonchev–Trinajstić information content (AvgIpc) is 2.70. The lowest BCUT2D eigenvalue weighted by Gasteiger charge is -2.07. The van der Waals surface area contributed by atoms with Gasteiger partial charge < -0.3 is 0 Å². The summed E-state index contributed by atoms with van der Waals surface area (Å²) in [5.41, 5.74) is 2.26. The lowest BCUT2D eigenvalue weighted by molar-refractivity contribution is -0.386. The minimum absolute atomic E-state index is 0.112. The second kappa shape index (κ2) is 4.01. The quantitative estimate of drug-likeness (QED) is 0.639. The van der Waals surface area contributed by atoms with Gasteiger partial charge in [0, 0.05) is 12.4 Å². The molecule has 0 bridgehead atoms. The van der Waals surface area contributed by atoms with Gasteiger partial charge in [-0.1, -0.05) is 6.07 Å². The van der Waals surface area contributed by atoms with Crippen molar-refractivity contribution >= 4 is 11.4 Å². The summed E-state index contributed by atoms with van der Waals surface area (Å²) in [7, 11) is 0. The zero-order valence-electron chi connectivity index (χ0n) is 8.13. The number of nitro benzene ring substituents is 1. The maximum Gasteiger partial charge on any atom is 0.329 e. The van der Waals surface area contributed by atoms with Crippen molar-refractivity contribution in [3.63, 3.8) is 0 Å². The van der Waals surface area contributed by atoms with Gasteiger partial charge >= 0.3 is 5.69 Å². The Morgan fingerprint density at radius 1 is 1.25 bits per heavy atom. The van der Waals surface area contributed by atoms with Gasteiger partial charge in [0.15, 0.2) is 0 Å². The van der Waals surface area contributed by atoms with Gasteiger partial charge in [-0.05, 0) is 24.3 Å². The van der Waals surface area contributed by atoms with E-state index in [0.717, 1.165) is 6.07 Å². The van der Waals surface area contributed by atoms with Crippen LogP contribution < -0.4 is 5.43 Å². The predicted octanol–water partition coefficient (Wildman–Crippen LogP) is 2.41. The normalized spacial score (nSPS) is 10.1. The number of nitro groups is 1. The molecule has 6 heteroatoms. The molecule has 0 spiro atoms. The fourth-order valence-electron chi connectivity index (χ4n) is 1.34. The van der Waals surface area contributed by atoms with Crippen molar-refractivity contribution in [3.8, 4) is 0 Å². The van der Waals surface area contributed by atoms with Crippen LogP contribution in [-0.4, -0.2) is 9.60 Å². The van der Waals surface area contributed by atoms with Gasteiger partial charge in [-0.15, -0.1) is 0 Å². The molecule has 1 N–H and O–H groups in total. The van der Waals surface area contributed by atoms with Gasteiger partial charge in [0.2, 0.25) is 5.82 Å². The Hall–Kier alpha value is -2.37. The molecule has 1 heterocycles. The molecule has 1 aromatic heterocycles. The van der Waals surface area contributed by atoms with Crippen LogP contribution in [0.2, 0.25) is 0 Å². The Balaban J connectivity index is 2.40. The highest BCUT2D eigenvalue weighted by Crippen LogP contribution is 2.27. The highest BCUT2D eigenvalue weighted by molar-refractivity contribution is 5.61. The molecule has 0 saturated carbocycles. The van der Waals surface area contributed by atoms with Crippen LogP contribution in [0.4, 0.5) is 15.8 Å². The van der Waals surface area contributed by atoms with Crippen molar-refractivity contribution < 1.29 is 9.31 Å². The number of rotatable bonds is 3. The topological polar surface area (TPSA) is 60.1 Å². The third kappa shape index (κ3) is 1.85. The summed E-state index contributed by atoms with van der Waals surface area (Å²) in [5.74, 6) is -0.859. The van der Waals surface area contributed by atoms with Gasteiger partial charge in [-0.3, -0.25) is 20.2 Å². The van der Waals surface area contributed by atoms with E-state index in [2.05, 4.69) is 5.43 Å². The van der Waals surface area contributed by atoms with Gasteiger partial charge in [0.1, 0.15) is 5.69 Å². The first-order valence-corrected chi connectivity index (χ1v) is 4.51. The molecule has 16 heavy (non-hydrogen) atoms. The fourth-order valence-corrected chi connectivity index (χ4v) is 1.34. The zero-order valence-corrected chi connectivity index (χ0v) is 8.13. The minimum atomic E-state index is -0.859. The largest absolute Gasteiger partial charge is 0.329 e. The molecule has 0 aliphatic rings. The van der Waals surface area contributed by atoms with Crippen LogP contribution in [-0.2, 0) is 0 Å². The first kappa shape index (κ1) is 10.2. The molecule has 0 aliphatic carbocycles. The van der Waals surface area contributed by atoms with E-state index in [9.17, 15) is 14.5 Å². The number of nitrogens with zero attached hydrogens (tertiary/aromatic N) is 2. The SMILES string of the molecule is O=[N+]([O-])c1c(F)cccc1Nn1cccc1. The second-order valence-corrected chi connectivity index (χ2v) is 3.10. The zero-order chi connectivity index (χ0) is 11.5. The van der Waals surface area contributed by atoms with E-state index >= 15 is 0 Å². The minimum Gasteiger partial charge on any atom is -0.288 e. The van der Waals surface area contributed by atoms with Gasteiger partial charge in [0.25, 0.3) is 0 Å². The molecule has 5 nitrogen and oxygen atoms in total. The van der Waals surface area contributed by atoms with E-state index in [1.807, 2.05) is 0 Å². The maximum atomic E-state index is 13.2. The van der Waals surface area contributed by atoms with E-state index < -0.39 is 16.4 Å². The van der Waals surface area contributed by atoms with Crippen molar-refractivity contribution in [1.29, 1.82) is 0 Å². The summed E-state index contributed by atoms with van der Waals surface area (Å²) in [6.45, 7) is 0. The van der Waals surface area contributed by atoms with Crippen LogP contribution >= 0.6 is 0 Å². The standard InChI is InChI=1S/C10H8FN3O2/c11-8-4-3-5-9(10(8)14(15)16)12-13-6-1-2-7-13/h1-7,12H. The number of hydrogen-bond donors (Lipinski definition) is 1. The molecule has 0 saturated heterocycles. The van der Waals surface area contributed by atoms with Crippen LogP contribution in [0.1, 0.15) is 0 Å². The number of hydrogen-bond acceptors (Lipinski definition) is 3. The molecule has 0 radical (unpaired) electrons. The van der Waals surface area contributed by atoms with Crippen LogP contribution in [0.5, 0.6) is 0 Å². The van der Waals surface area contributed by atoms with Crippen LogP contribution in [0.3, 0.4) is 0 Å². The monoisotopic (exact) mass is 221 g/mol. The number of aromatic nitrogens is 1. The van der Waals surface area contributed by atoms with E-state index in [1.165, 1.54) is 16.8 Å². The molecule has 82 valence electrons. The summed E-state index contributed by atoms with van der Waals surface area (Å²) in [4.78, 5) is 9.94. The molecular formula is C10H8FN3O2. The number of para-hydroxylation sites is 1. The Labute approximate surface area is 90.2 Å². The molecule has 2 aromatic rings. The van der Waals surface area contributed by atoms with Crippen LogP contribution in [0, 0.1) is 15.9 Å². The number of benzene rings is 1. The maximum absolute atomic E-state index is 13.2. The smallest absolute Gasteiger partial charge is 0.288 e. The number of halogens is 1. The molecule has 0 unspecified atom stereocenters. The molecule has 0 amide bonds. The highest BCUT2D eigenvalue weighted by Gasteiger charge is 2.19. The highest BCUT2D eigenvalue weighted by atomic mass is 19.1. The first-order valence-electron chi connectivity index (χ1n) is 4.51. The number of anilines is 1. The van der Waals surface area contributed by atoms with Crippen molar-refractivity contribution in [2.24, 2.45) is 0 Å². The fraction of sp³-hybridized carbons (Fsp3) is 0. The molecule has 1 aromatic carbocycles. The summed E-state index contributed by atoms with van der Waals surface area (Å²) >= 11 is 0. The van der Waals surface area contributed by atoms with Crippen molar-refractivity contribution in [1.82, 2.24) is 4.68 Å². The predicted molar refractivity (Wildman–Crippen MR) is 56.5 cm³/mol. The van der Waals surface area contributed by atoms with E-state index in [1.54, 1.807) is 24.5 Å². The lowest BCUT2D eigenvalue weighted by Crippen LogP contribution is -2.08. The molecule has 2 rings (SSSR count). The summed E-state index contributed by atoms with van der Waals surface area (Å²) < 4.78 is 14.7. The van der Waals surface area contributed by atoms with E-state index in [-0.39, 0.29) is 5.69 Å². The van der Waals surface area contributed by atoms with E-state index in [0.29, 0.717) is 0 Å². The lowest BCUT2D eigenvalue weighted by atomic mass is 10.2. The molecule has 0 atom stereocenters. The molecular weight excluding hydrogens is 213 g/mol. The Morgan fingerprint density at radius 3 is 2.56 bits per heavy atom. The second-order valence-electron chi connectivity index (χ2n) is 3.10. The average molecular weight is 221 g/mol. The molecule has 0 aliphatic heterocycles.